The molecule has 1 fully saturated rings. The highest BCUT2D eigenvalue weighted by molar-refractivity contribution is 6.30. The van der Waals surface area contributed by atoms with Crippen molar-refractivity contribution in [3.05, 3.63) is 34.9 Å². The lowest BCUT2D eigenvalue weighted by molar-refractivity contribution is 0.308. The van der Waals surface area contributed by atoms with Crippen LogP contribution in [0.2, 0.25) is 5.02 Å². The molecule has 0 aliphatic heterocycles. The molecule has 1 aliphatic rings. The maximum absolute atomic E-state index is 6.28. The largest absolute Gasteiger partial charge is 0.324 e. The number of benzene rings is 1. The Bertz CT molecular complexity index is 321. The van der Waals surface area contributed by atoms with Gasteiger partial charge in [-0.25, -0.2) is 0 Å². The Hall–Kier alpha value is -0.240. The van der Waals surface area contributed by atoms with E-state index in [1.54, 1.807) is 0 Å². The van der Waals surface area contributed by atoms with Gasteiger partial charge >= 0.3 is 0 Å². The highest BCUT2D eigenvalue weighted by Gasteiger charge is 2.21. The highest BCUT2D eigenvalue weighted by Crippen LogP contribution is 2.33. The Morgan fingerprint density at radius 3 is 2.50 bits per heavy atom. The van der Waals surface area contributed by atoms with E-state index in [0.29, 0.717) is 5.92 Å². The third-order valence-electron chi connectivity index (χ3n) is 3.39. The maximum Gasteiger partial charge on any atom is 0.0409 e. The molecule has 0 unspecified atom stereocenters. The molecular weight excluding hydrogens is 241 g/mol. The van der Waals surface area contributed by atoms with Crippen LogP contribution >= 0.6 is 24.0 Å². The predicted octanol–water partition coefficient (Wildman–Crippen LogP) is 4.34. The zero-order chi connectivity index (χ0) is 10.7. The Kier molecular flexibility index (Phi) is 5.60. The van der Waals surface area contributed by atoms with E-state index >= 15 is 0 Å². The number of rotatable bonds is 2. The van der Waals surface area contributed by atoms with Crippen molar-refractivity contribution in [3.63, 3.8) is 0 Å². The van der Waals surface area contributed by atoms with E-state index in [2.05, 4.69) is 6.07 Å². The molecule has 1 aromatic carbocycles. The van der Waals surface area contributed by atoms with Crippen LogP contribution in [0.15, 0.2) is 24.3 Å². The minimum atomic E-state index is 0. The Labute approximate surface area is 109 Å². The summed E-state index contributed by atoms with van der Waals surface area (Å²) in [5.74, 6) is 0.650. The normalized spacial score (nSPS) is 18.9. The summed E-state index contributed by atoms with van der Waals surface area (Å²) < 4.78 is 0. The fourth-order valence-electron chi connectivity index (χ4n) is 2.48. The van der Waals surface area contributed by atoms with Crippen LogP contribution in [-0.4, -0.2) is 0 Å². The van der Waals surface area contributed by atoms with Crippen molar-refractivity contribution in [3.8, 4) is 0 Å². The summed E-state index contributed by atoms with van der Waals surface area (Å²) in [5, 5.41) is 0.791. The van der Waals surface area contributed by atoms with Crippen LogP contribution in [0.25, 0.3) is 0 Å². The zero-order valence-electron chi connectivity index (χ0n) is 9.36. The Balaban J connectivity index is 0.00000128. The molecule has 1 atom stereocenters. The molecule has 1 aromatic rings. The molecule has 2 rings (SSSR count). The van der Waals surface area contributed by atoms with E-state index in [0.717, 1.165) is 5.02 Å². The van der Waals surface area contributed by atoms with Gasteiger partial charge in [0.1, 0.15) is 0 Å². The van der Waals surface area contributed by atoms with Crippen molar-refractivity contribution < 1.29 is 0 Å². The van der Waals surface area contributed by atoms with Gasteiger partial charge in [-0.2, -0.15) is 0 Å². The lowest BCUT2D eigenvalue weighted by Crippen LogP contribution is -2.23. The average Bonchev–Trinajstić information content (AvgIpc) is 2.29. The predicted molar refractivity (Wildman–Crippen MR) is 72.2 cm³/mol. The van der Waals surface area contributed by atoms with Crippen LogP contribution < -0.4 is 5.73 Å². The second kappa shape index (κ2) is 6.48. The molecule has 16 heavy (non-hydrogen) atoms. The molecule has 90 valence electrons. The van der Waals surface area contributed by atoms with Crippen molar-refractivity contribution in [2.45, 2.75) is 38.1 Å². The van der Waals surface area contributed by atoms with E-state index in [1.807, 2.05) is 18.2 Å². The van der Waals surface area contributed by atoms with E-state index in [9.17, 15) is 0 Å². The van der Waals surface area contributed by atoms with Crippen molar-refractivity contribution in [2.75, 3.05) is 0 Å². The Morgan fingerprint density at radius 1 is 1.19 bits per heavy atom. The monoisotopic (exact) mass is 259 g/mol. The number of hydrogen-bond acceptors (Lipinski definition) is 1. The first-order valence-corrected chi connectivity index (χ1v) is 6.16. The minimum absolute atomic E-state index is 0. The minimum Gasteiger partial charge on any atom is -0.324 e. The molecule has 0 aromatic heterocycles. The first-order chi connectivity index (χ1) is 7.27. The van der Waals surface area contributed by atoms with Gasteiger partial charge in [-0.1, -0.05) is 43.0 Å². The second-order valence-corrected chi connectivity index (χ2v) is 4.92. The topological polar surface area (TPSA) is 26.0 Å². The van der Waals surface area contributed by atoms with E-state index in [4.69, 9.17) is 17.3 Å². The molecule has 1 aliphatic carbocycles. The smallest absolute Gasteiger partial charge is 0.0409 e. The van der Waals surface area contributed by atoms with Crippen LogP contribution in [0.5, 0.6) is 0 Å². The van der Waals surface area contributed by atoms with Crippen molar-refractivity contribution in [1.29, 1.82) is 0 Å². The van der Waals surface area contributed by atoms with Crippen LogP contribution in [0.4, 0.5) is 0 Å². The van der Waals surface area contributed by atoms with Gasteiger partial charge in [0.2, 0.25) is 0 Å². The second-order valence-electron chi connectivity index (χ2n) is 4.48. The molecular formula is C13H19Cl2N. The summed E-state index contributed by atoms with van der Waals surface area (Å²) in [5.41, 5.74) is 7.47. The molecule has 0 amide bonds. The maximum atomic E-state index is 6.28. The summed E-state index contributed by atoms with van der Waals surface area (Å²) in [6.07, 6.45) is 6.58. The molecule has 0 bridgehead atoms. The van der Waals surface area contributed by atoms with Crippen LogP contribution in [-0.2, 0) is 0 Å². The van der Waals surface area contributed by atoms with E-state index in [-0.39, 0.29) is 18.4 Å². The van der Waals surface area contributed by atoms with Gasteiger partial charge in [0.15, 0.2) is 0 Å². The zero-order valence-corrected chi connectivity index (χ0v) is 10.9. The molecule has 1 saturated carbocycles. The van der Waals surface area contributed by atoms with Gasteiger partial charge < -0.3 is 5.73 Å². The first-order valence-electron chi connectivity index (χ1n) is 5.78. The number of nitrogens with two attached hydrogens (primary N) is 1. The van der Waals surface area contributed by atoms with Crippen LogP contribution in [0, 0.1) is 5.92 Å². The van der Waals surface area contributed by atoms with Crippen LogP contribution in [0.3, 0.4) is 0 Å². The molecule has 0 spiro atoms. The fraction of sp³-hybridized carbons (Fsp3) is 0.538. The quantitative estimate of drug-likeness (QED) is 0.840. The number of halogens is 2. The molecule has 0 saturated heterocycles. The lowest BCUT2D eigenvalue weighted by atomic mass is 9.81. The van der Waals surface area contributed by atoms with E-state index in [1.165, 1.54) is 37.7 Å². The third-order valence-corrected chi connectivity index (χ3v) is 3.63. The highest BCUT2D eigenvalue weighted by atomic mass is 35.5. The Morgan fingerprint density at radius 2 is 1.88 bits per heavy atom. The fourth-order valence-corrected chi connectivity index (χ4v) is 2.68. The first kappa shape index (κ1) is 13.8. The summed E-state index contributed by atoms with van der Waals surface area (Å²) >= 11 is 5.97. The standard InChI is InChI=1S/C13H18ClN.ClH/c14-12-8-4-7-11(9-12)13(15)10-5-2-1-3-6-10;/h4,7-10,13H,1-3,5-6,15H2;1H/t13-;/m0./s1. The molecule has 0 radical (unpaired) electrons. The van der Waals surface area contributed by atoms with Crippen molar-refractivity contribution in [2.24, 2.45) is 11.7 Å². The summed E-state index contributed by atoms with van der Waals surface area (Å²) in [4.78, 5) is 0. The SMILES string of the molecule is Cl.N[C@H](c1cccc(Cl)c1)C1CCCCC1. The van der Waals surface area contributed by atoms with Crippen molar-refractivity contribution in [1.82, 2.24) is 0 Å². The van der Waals surface area contributed by atoms with Gasteiger partial charge in [-0.15, -0.1) is 12.4 Å². The van der Waals surface area contributed by atoms with Gasteiger partial charge in [0.05, 0.1) is 0 Å². The summed E-state index contributed by atoms with van der Waals surface area (Å²) in [6, 6.07) is 8.15. The van der Waals surface area contributed by atoms with Crippen molar-refractivity contribution >= 4 is 24.0 Å². The van der Waals surface area contributed by atoms with Crippen LogP contribution in [0.1, 0.15) is 43.7 Å². The van der Waals surface area contributed by atoms with Gasteiger partial charge in [0.25, 0.3) is 0 Å². The lowest BCUT2D eigenvalue weighted by Gasteiger charge is -2.27. The average molecular weight is 260 g/mol. The van der Waals surface area contributed by atoms with Gasteiger partial charge in [-0.05, 0) is 36.5 Å². The molecule has 3 heteroatoms. The number of hydrogen-bond donors (Lipinski definition) is 1. The van der Waals surface area contributed by atoms with E-state index < -0.39 is 0 Å². The van der Waals surface area contributed by atoms with Gasteiger partial charge in [0, 0.05) is 11.1 Å². The molecule has 2 N–H and O–H groups in total. The summed E-state index contributed by atoms with van der Waals surface area (Å²) in [7, 11) is 0. The van der Waals surface area contributed by atoms with Gasteiger partial charge in [-0.3, -0.25) is 0 Å². The summed E-state index contributed by atoms with van der Waals surface area (Å²) in [6.45, 7) is 0. The molecule has 1 nitrogen and oxygen atoms in total. The third kappa shape index (κ3) is 3.38. The molecule has 0 heterocycles.